The van der Waals surface area contributed by atoms with Gasteiger partial charge in [-0.3, -0.25) is 10.7 Å². The van der Waals surface area contributed by atoms with Gasteiger partial charge in [0.1, 0.15) is 6.34 Å². The van der Waals surface area contributed by atoms with E-state index < -0.39 is 0 Å². The van der Waals surface area contributed by atoms with Crippen molar-refractivity contribution in [1.29, 1.82) is 0 Å². The van der Waals surface area contributed by atoms with E-state index in [-0.39, 0.29) is 0 Å². The number of benzene rings is 1. The van der Waals surface area contributed by atoms with Gasteiger partial charge in [-0.05, 0) is 30.7 Å². The highest BCUT2D eigenvalue weighted by Crippen LogP contribution is 2.21. The van der Waals surface area contributed by atoms with E-state index in [0.717, 1.165) is 11.3 Å². The largest absolute Gasteiger partial charge is 0.290 e. The van der Waals surface area contributed by atoms with Crippen molar-refractivity contribution < 1.29 is 5.21 Å². The zero-order valence-corrected chi connectivity index (χ0v) is 7.34. The summed E-state index contributed by atoms with van der Waals surface area (Å²) < 4.78 is 0. The molecule has 0 amide bonds. The van der Waals surface area contributed by atoms with E-state index in [0.29, 0.717) is 5.02 Å². The average molecular weight is 185 g/mol. The second kappa shape index (κ2) is 4.09. The number of rotatable bonds is 2. The Balaban J connectivity index is 2.94. The molecule has 0 spiro atoms. The zero-order valence-electron chi connectivity index (χ0n) is 6.58. The van der Waals surface area contributed by atoms with Crippen molar-refractivity contribution in [2.75, 3.05) is 0 Å². The normalized spacial score (nSPS) is 10.6. The third-order valence-electron chi connectivity index (χ3n) is 1.42. The van der Waals surface area contributed by atoms with Crippen LogP contribution < -0.4 is 5.48 Å². The molecule has 0 bridgehead atoms. The van der Waals surface area contributed by atoms with Crippen LogP contribution in [0.1, 0.15) is 5.56 Å². The second-order valence-corrected chi connectivity index (χ2v) is 2.75. The molecule has 1 aromatic carbocycles. The average Bonchev–Trinajstić information content (AvgIpc) is 2.03. The van der Waals surface area contributed by atoms with Crippen molar-refractivity contribution in [3.8, 4) is 0 Å². The summed E-state index contributed by atoms with van der Waals surface area (Å²) in [6, 6.07) is 5.34. The molecule has 0 aliphatic rings. The van der Waals surface area contributed by atoms with Crippen LogP contribution in [-0.2, 0) is 0 Å². The molecule has 1 aromatic rings. The smallest absolute Gasteiger partial charge is 0.113 e. The molecule has 1 rings (SSSR count). The summed E-state index contributed by atoms with van der Waals surface area (Å²) in [6.07, 6.45) is 1.20. The predicted molar refractivity (Wildman–Crippen MR) is 49.3 cm³/mol. The quantitative estimate of drug-likeness (QED) is 0.421. The summed E-state index contributed by atoms with van der Waals surface area (Å²) in [6.45, 7) is 1.90. The predicted octanol–water partition coefficient (Wildman–Crippen LogP) is 2.29. The number of hydrogen-bond acceptors (Lipinski definition) is 2. The molecule has 0 heterocycles. The fourth-order valence-corrected chi connectivity index (χ4v) is 1.09. The molecule has 0 aromatic heterocycles. The summed E-state index contributed by atoms with van der Waals surface area (Å²) in [5.41, 5.74) is 3.58. The van der Waals surface area contributed by atoms with E-state index in [2.05, 4.69) is 4.99 Å². The van der Waals surface area contributed by atoms with Gasteiger partial charge >= 0.3 is 0 Å². The van der Waals surface area contributed by atoms with Crippen molar-refractivity contribution in [2.45, 2.75) is 6.92 Å². The molecule has 4 heteroatoms. The van der Waals surface area contributed by atoms with E-state index >= 15 is 0 Å². The molecular weight excluding hydrogens is 176 g/mol. The van der Waals surface area contributed by atoms with Crippen LogP contribution in [0.3, 0.4) is 0 Å². The topological polar surface area (TPSA) is 44.6 Å². The SMILES string of the molecule is Cc1cc(Cl)ccc1N=CNO. The van der Waals surface area contributed by atoms with Crippen LogP contribution in [-0.4, -0.2) is 11.5 Å². The Labute approximate surface area is 75.7 Å². The first kappa shape index (κ1) is 9.03. The van der Waals surface area contributed by atoms with Gasteiger partial charge in [-0.2, -0.15) is 0 Å². The first-order valence-corrected chi connectivity index (χ1v) is 3.80. The van der Waals surface area contributed by atoms with Crippen molar-refractivity contribution >= 4 is 23.6 Å². The number of nitrogens with one attached hydrogen (secondary N) is 1. The lowest BCUT2D eigenvalue weighted by Crippen LogP contribution is -2.01. The molecule has 0 fully saturated rings. The minimum absolute atomic E-state index is 0.684. The van der Waals surface area contributed by atoms with Gasteiger partial charge in [-0.15, -0.1) is 0 Å². The van der Waals surface area contributed by atoms with E-state index in [1.165, 1.54) is 6.34 Å². The molecule has 3 nitrogen and oxygen atoms in total. The molecule has 12 heavy (non-hydrogen) atoms. The molecule has 2 N–H and O–H groups in total. The first-order chi connectivity index (χ1) is 5.74. The summed E-state index contributed by atoms with van der Waals surface area (Å²) >= 11 is 5.73. The van der Waals surface area contributed by atoms with Crippen LogP contribution in [0.5, 0.6) is 0 Å². The van der Waals surface area contributed by atoms with Gasteiger partial charge in [0.15, 0.2) is 0 Å². The lowest BCUT2D eigenvalue weighted by Gasteiger charge is -1.98. The van der Waals surface area contributed by atoms with Crippen molar-refractivity contribution in [2.24, 2.45) is 4.99 Å². The molecule has 0 saturated heterocycles. The maximum Gasteiger partial charge on any atom is 0.113 e. The lowest BCUT2D eigenvalue weighted by molar-refractivity contribution is 0.240. The van der Waals surface area contributed by atoms with Crippen molar-refractivity contribution in [3.63, 3.8) is 0 Å². The summed E-state index contributed by atoms with van der Waals surface area (Å²) in [7, 11) is 0. The zero-order chi connectivity index (χ0) is 8.97. The van der Waals surface area contributed by atoms with E-state index in [4.69, 9.17) is 16.8 Å². The van der Waals surface area contributed by atoms with E-state index in [9.17, 15) is 0 Å². The number of aryl methyl sites for hydroxylation is 1. The fraction of sp³-hybridized carbons (Fsp3) is 0.125. The minimum atomic E-state index is 0.684. The highest BCUT2D eigenvalue weighted by Gasteiger charge is 1.95. The Kier molecular flexibility index (Phi) is 3.08. The Morgan fingerprint density at radius 1 is 1.58 bits per heavy atom. The standard InChI is InChI=1S/C8H9ClN2O/c1-6-4-7(9)2-3-8(6)10-5-11-12/h2-5,12H,1H3,(H,10,11). The van der Waals surface area contributed by atoms with Gasteiger partial charge in [-0.25, -0.2) is 4.99 Å². The number of halogens is 1. The van der Waals surface area contributed by atoms with Gasteiger partial charge < -0.3 is 0 Å². The minimum Gasteiger partial charge on any atom is -0.290 e. The van der Waals surface area contributed by atoms with E-state index in [1.54, 1.807) is 12.1 Å². The van der Waals surface area contributed by atoms with Crippen LogP contribution in [0.4, 0.5) is 5.69 Å². The Bertz CT molecular complexity index is 299. The third kappa shape index (κ3) is 2.22. The summed E-state index contributed by atoms with van der Waals surface area (Å²) in [5.74, 6) is 0. The highest BCUT2D eigenvalue weighted by molar-refractivity contribution is 6.30. The van der Waals surface area contributed by atoms with Gasteiger partial charge in [0.05, 0.1) is 5.69 Å². The molecule has 64 valence electrons. The molecule has 0 saturated carbocycles. The fourth-order valence-electron chi connectivity index (χ4n) is 0.862. The Hall–Kier alpha value is -1.06. The number of nitrogens with zero attached hydrogens (tertiary/aromatic N) is 1. The van der Waals surface area contributed by atoms with Crippen molar-refractivity contribution in [1.82, 2.24) is 5.48 Å². The molecule has 0 unspecified atom stereocenters. The maximum absolute atomic E-state index is 8.25. The number of aliphatic imine (C=N–C) groups is 1. The van der Waals surface area contributed by atoms with Crippen LogP contribution in [0.15, 0.2) is 23.2 Å². The number of hydrogen-bond donors (Lipinski definition) is 2. The van der Waals surface area contributed by atoms with Crippen LogP contribution >= 0.6 is 11.6 Å². The Morgan fingerprint density at radius 2 is 2.33 bits per heavy atom. The molecular formula is C8H9ClN2O. The lowest BCUT2D eigenvalue weighted by atomic mass is 10.2. The first-order valence-electron chi connectivity index (χ1n) is 3.42. The van der Waals surface area contributed by atoms with Crippen LogP contribution in [0.2, 0.25) is 5.02 Å². The van der Waals surface area contributed by atoms with Gasteiger partial charge in [0.2, 0.25) is 0 Å². The molecule has 0 aliphatic carbocycles. The molecule has 0 atom stereocenters. The second-order valence-electron chi connectivity index (χ2n) is 2.32. The maximum atomic E-state index is 8.25. The summed E-state index contributed by atoms with van der Waals surface area (Å²) in [5, 5.41) is 8.93. The van der Waals surface area contributed by atoms with Crippen LogP contribution in [0, 0.1) is 6.92 Å². The number of hydroxylamine groups is 1. The van der Waals surface area contributed by atoms with Gasteiger partial charge in [-0.1, -0.05) is 11.6 Å². The monoisotopic (exact) mass is 184 g/mol. The Morgan fingerprint density at radius 3 is 2.92 bits per heavy atom. The highest BCUT2D eigenvalue weighted by atomic mass is 35.5. The van der Waals surface area contributed by atoms with Gasteiger partial charge in [0.25, 0.3) is 0 Å². The van der Waals surface area contributed by atoms with Crippen LogP contribution in [0.25, 0.3) is 0 Å². The van der Waals surface area contributed by atoms with E-state index in [1.807, 2.05) is 18.5 Å². The third-order valence-corrected chi connectivity index (χ3v) is 1.66. The molecule has 0 aliphatic heterocycles. The van der Waals surface area contributed by atoms with Crippen molar-refractivity contribution in [3.05, 3.63) is 28.8 Å². The molecule has 0 radical (unpaired) electrons. The summed E-state index contributed by atoms with van der Waals surface area (Å²) in [4.78, 5) is 3.92. The van der Waals surface area contributed by atoms with Gasteiger partial charge in [0, 0.05) is 5.02 Å².